The first-order valence-corrected chi connectivity index (χ1v) is 11.1. The molecular formula is C20H26N2O5S. The molecule has 1 atom stereocenters. The molecule has 1 aliphatic carbocycles. The highest BCUT2D eigenvalue weighted by atomic mass is 32.2. The molecule has 1 fully saturated rings. The Labute approximate surface area is 166 Å². The standard InChI is InChI=1S/C20H26N2O5S/c1-4-28(25,26)17-11-7-6-10-16(17)19(24)27-15(2)18(23)22(3)20(14-21)12-8-5-9-13-20/h6-7,10-11,15H,4-5,8-9,12-13H2,1-3H3/t15-/m0/s1. The summed E-state index contributed by atoms with van der Waals surface area (Å²) in [6, 6.07) is 8.04. The van der Waals surface area contributed by atoms with E-state index in [-0.39, 0.29) is 16.2 Å². The van der Waals surface area contributed by atoms with Gasteiger partial charge in [-0.1, -0.05) is 38.3 Å². The number of likely N-dealkylation sites (N-methyl/N-ethyl adjacent to an activating group) is 1. The SMILES string of the molecule is CCS(=O)(=O)c1ccccc1C(=O)O[C@@H](C)C(=O)N(C)C1(C#N)CCCCC1. The van der Waals surface area contributed by atoms with Crippen molar-refractivity contribution in [1.82, 2.24) is 4.90 Å². The highest BCUT2D eigenvalue weighted by molar-refractivity contribution is 7.91. The number of benzene rings is 1. The van der Waals surface area contributed by atoms with Gasteiger partial charge in [-0.15, -0.1) is 0 Å². The lowest BCUT2D eigenvalue weighted by Gasteiger charge is -2.39. The highest BCUT2D eigenvalue weighted by Gasteiger charge is 2.41. The zero-order chi connectivity index (χ0) is 20.9. The zero-order valence-electron chi connectivity index (χ0n) is 16.5. The Morgan fingerprint density at radius 3 is 2.43 bits per heavy atom. The number of sulfone groups is 1. The van der Waals surface area contributed by atoms with Crippen LogP contribution in [-0.4, -0.2) is 49.6 Å². The molecule has 0 N–H and O–H groups in total. The van der Waals surface area contributed by atoms with Crippen LogP contribution in [0.1, 0.15) is 56.3 Å². The van der Waals surface area contributed by atoms with E-state index in [2.05, 4.69) is 6.07 Å². The van der Waals surface area contributed by atoms with Crippen LogP contribution in [0.25, 0.3) is 0 Å². The van der Waals surface area contributed by atoms with Gasteiger partial charge in [-0.2, -0.15) is 5.26 Å². The molecule has 1 aromatic carbocycles. The molecule has 0 spiro atoms. The predicted octanol–water partition coefficient (Wildman–Crippen LogP) is 2.71. The number of hydrogen-bond donors (Lipinski definition) is 0. The number of amides is 1. The molecule has 0 radical (unpaired) electrons. The molecule has 1 aliphatic rings. The average Bonchev–Trinajstić information content (AvgIpc) is 2.72. The van der Waals surface area contributed by atoms with Crippen LogP contribution in [0.3, 0.4) is 0 Å². The van der Waals surface area contributed by atoms with E-state index in [0.717, 1.165) is 19.3 Å². The number of nitriles is 1. The maximum atomic E-state index is 12.8. The number of hydrogen-bond acceptors (Lipinski definition) is 6. The molecule has 152 valence electrons. The van der Waals surface area contributed by atoms with E-state index in [1.54, 1.807) is 7.05 Å². The van der Waals surface area contributed by atoms with E-state index in [4.69, 9.17) is 4.74 Å². The number of esters is 1. The largest absolute Gasteiger partial charge is 0.449 e. The first-order valence-electron chi connectivity index (χ1n) is 9.40. The summed E-state index contributed by atoms with van der Waals surface area (Å²) in [7, 11) is -2.06. The summed E-state index contributed by atoms with van der Waals surface area (Å²) in [5.41, 5.74) is -0.987. The molecule has 28 heavy (non-hydrogen) atoms. The lowest BCUT2D eigenvalue weighted by atomic mass is 9.81. The van der Waals surface area contributed by atoms with Crippen LogP contribution in [-0.2, 0) is 19.4 Å². The highest BCUT2D eigenvalue weighted by Crippen LogP contribution is 2.33. The molecule has 0 aliphatic heterocycles. The minimum absolute atomic E-state index is 0.0979. The lowest BCUT2D eigenvalue weighted by molar-refractivity contribution is -0.143. The Balaban J connectivity index is 2.19. The summed E-state index contributed by atoms with van der Waals surface area (Å²) in [6.45, 7) is 2.92. The van der Waals surface area contributed by atoms with Crippen molar-refractivity contribution >= 4 is 21.7 Å². The minimum Gasteiger partial charge on any atom is -0.449 e. The van der Waals surface area contributed by atoms with Crippen LogP contribution >= 0.6 is 0 Å². The molecule has 0 bridgehead atoms. The fourth-order valence-electron chi connectivity index (χ4n) is 3.48. The van der Waals surface area contributed by atoms with Crippen molar-refractivity contribution < 1.29 is 22.7 Å². The summed E-state index contributed by atoms with van der Waals surface area (Å²) < 4.78 is 29.7. The van der Waals surface area contributed by atoms with Gasteiger partial charge in [0.15, 0.2) is 15.9 Å². The normalized spacial score (nSPS) is 17.2. The van der Waals surface area contributed by atoms with Crippen molar-refractivity contribution in [3.63, 3.8) is 0 Å². The van der Waals surface area contributed by atoms with E-state index in [0.29, 0.717) is 12.8 Å². The van der Waals surface area contributed by atoms with E-state index < -0.39 is 33.4 Å². The molecular weight excluding hydrogens is 380 g/mol. The Morgan fingerprint density at radius 1 is 1.25 bits per heavy atom. The van der Waals surface area contributed by atoms with Crippen molar-refractivity contribution in [2.45, 2.75) is 62.5 Å². The van der Waals surface area contributed by atoms with Gasteiger partial charge in [0.25, 0.3) is 5.91 Å². The lowest BCUT2D eigenvalue weighted by Crippen LogP contribution is -2.53. The zero-order valence-corrected chi connectivity index (χ0v) is 17.3. The molecule has 0 heterocycles. The smallest absolute Gasteiger partial charge is 0.340 e. The summed E-state index contributed by atoms with van der Waals surface area (Å²) in [4.78, 5) is 26.6. The second kappa shape index (κ2) is 8.74. The molecule has 2 rings (SSSR count). The third kappa shape index (κ3) is 4.36. The van der Waals surface area contributed by atoms with Crippen LogP contribution < -0.4 is 0 Å². The van der Waals surface area contributed by atoms with E-state index in [1.165, 1.54) is 43.0 Å². The van der Waals surface area contributed by atoms with Crippen molar-refractivity contribution in [2.24, 2.45) is 0 Å². The second-order valence-corrected chi connectivity index (χ2v) is 9.30. The predicted molar refractivity (Wildman–Crippen MR) is 103 cm³/mol. The van der Waals surface area contributed by atoms with E-state index in [9.17, 15) is 23.3 Å². The summed E-state index contributed by atoms with van der Waals surface area (Å²) in [5, 5.41) is 9.64. The van der Waals surface area contributed by atoms with Crippen molar-refractivity contribution in [2.75, 3.05) is 12.8 Å². The molecule has 0 saturated heterocycles. The molecule has 1 aromatic rings. The molecule has 1 saturated carbocycles. The Hall–Kier alpha value is -2.40. The number of ether oxygens (including phenoxy) is 1. The van der Waals surface area contributed by atoms with Gasteiger partial charge in [-0.3, -0.25) is 4.79 Å². The third-order valence-corrected chi connectivity index (χ3v) is 7.10. The maximum Gasteiger partial charge on any atom is 0.340 e. The first-order chi connectivity index (χ1) is 13.2. The average molecular weight is 407 g/mol. The monoisotopic (exact) mass is 406 g/mol. The van der Waals surface area contributed by atoms with Crippen LogP contribution in [0, 0.1) is 11.3 Å². The summed E-state index contributed by atoms with van der Waals surface area (Å²) >= 11 is 0. The van der Waals surface area contributed by atoms with Crippen LogP contribution in [0.4, 0.5) is 0 Å². The van der Waals surface area contributed by atoms with Crippen molar-refractivity contribution in [1.29, 1.82) is 5.26 Å². The Kier molecular flexibility index (Phi) is 6.83. The maximum absolute atomic E-state index is 12.8. The Morgan fingerprint density at radius 2 is 1.86 bits per heavy atom. The number of rotatable bonds is 6. The van der Waals surface area contributed by atoms with Gasteiger partial charge < -0.3 is 9.64 Å². The topological polar surface area (TPSA) is 105 Å². The third-order valence-electron chi connectivity index (χ3n) is 5.32. The van der Waals surface area contributed by atoms with Crippen LogP contribution in [0.2, 0.25) is 0 Å². The summed E-state index contributed by atoms with van der Waals surface area (Å²) in [6.07, 6.45) is 2.79. The van der Waals surface area contributed by atoms with Crippen molar-refractivity contribution in [3.8, 4) is 6.07 Å². The van der Waals surface area contributed by atoms with Crippen molar-refractivity contribution in [3.05, 3.63) is 29.8 Å². The molecule has 8 heteroatoms. The number of carbonyl (C=O) groups excluding carboxylic acids is 2. The van der Waals surface area contributed by atoms with Crippen LogP contribution in [0.5, 0.6) is 0 Å². The van der Waals surface area contributed by atoms with Gasteiger partial charge in [-0.25, -0.2) is 13.2 Å². The molecule has 0 unspecified atom stereocenters. The molecule has 7 nitrogen and oxygen atoms in total. The van der Waals surface area contributed by atoms with E-state index >= 15 is 0 Å². The van der Waals surface area contributed by atoms with Gasteiger partial charge in [0.1, 0.15) is 5.54 Å². The number of nitrogens with zero attached hydrogens (tertiary/aromatic N) is 2. The van der Waals surface area contributed by atoms with Gasteiger partial charge >= 0.3 is 5.97 Å². The molecule has 1 amide bonds. The second-order valence-electron chi connectivity index (χ2n) is 7.05. The fourth-order valence-corrected chi connectivity index (χ4v) is 4.56. The first kappa shape index (κ1) is 21.9. The van der Waals surface area contributed by atoms with Gasteiger partial charge in [-0.05, 0) is 31.9 Å². The molecule has 0 aromatic heterocycles. The summed E-state index contributed by atoms with van der Waals surface area (Å²) in [5.74, 6) is -1.51. The van der Waals surface area contributed by atoms with Gasteiger partial charge in [0, 0.05) is 7.05 Å². The fraction of sp³-hybridized carbons (Fsp3) is 0.550. The van der Waals surface area contributed by atoms with Gasteiger partial charge in [0.05, 0.1) is 22.3 Å². The van der Waals surface area contributed by atoms with E-state index in [1.807, 2.05) is 0 Å². The van der Waals surface area contributed by atoms with Gasteiger partial charge in [0.2, 0.25) is 0 Å². The van der Waals surface area contributed by atoms with Crippen LogP contribution in [0.15, 0.2) is 29.2 Å². The Bertz CT molecular complexity index is 882. The minimum atomic E-state index is -3.62. The quantitative estimate of drug-likeness (QED) is 0.673. The number of carbonyl (C=O) groups is 2.